The van der Waals surface area contributed by atoms with E-state index in [0.29, 0.717) is 12.1 Å². The first-order valence-corrected chi connectivity index (χ1v) is 13.5. The zero-order valence-corrected chi connectivity index (χ0v) is 22.2. The Morgan fingerprint density at radius 2 is 1.49 bits per heavy atom. The van der Waals surface area contributed by atoms with Crippen molar-refractivity contribution in [3.8, 4) is 11.1 Å². The Bertz CT molecular complexity index is 1280. The molecule has 0 saturated heterocycles. The van der Waals surface area contributed by atoms with Crippen LogP contribution in [0.3, 0.4) is 0 Å². The number of carbonyl (C=O) groups excluding carboxylic acids is 1. The average Bonchev–Trinajstić information content (AvgIpc) is 2.94. The molecule has 4 aromatic rings. The van der Waals surface area contributed by atoms with Gasteiger partial charge in [-0.1, -0.05) is 104 Å². The predicted octanol–water partition coefficient (Wildman–Crippen LogP) is 7.91. The second-order valence-electron chi connectivity index (χ2n) is 9.60. The summed E-state index contributed by atoms with van der Waals surface area (Å²) in [7, 11) is 0. The summed E-state index contributed by atoms with van der Waals surface area (Å²) in [6.07, 6.45) is 5.58. The van der Waals surface area contributed by atoms with Crippen LogP contribution in [0.25, 0.3) is 11.1 Å². The third-order valence-electron chi connectivity index (χ3n) is 6.71. The molecule has 4 aromatic carbocycles. The molecule has 1 unspecified atom stereocenters. The molecule has 4 heteroatoms. The van der Waals surface area contributed by atoms with Gasteiger partial charge in [-0.15, -0.1) is 0 Å². The fourth-order valence-corrected chi connectivity index (χ4v) is 4.57. The second kappa shape index (κ2) is 13.2. The number of nitrogens with one attached hydrogen (secondary N) is 1. The molecule has 0 aliphatic rings. The molecule has 0 aliphatic carbocycles. The van der Waals surface area contributed by atoms with Crippen LogP contribution in [0.1, 0.15) is 64.8 Å². The maximum absolute atomic E-state index is 12.8. The summed E-state index contributed by atoms with van der Waals surface area (Å²) in [4.78, 5) is 12.8. The van der Waals surface area contributed by atoms with Crippen molar-refractivity contribution in [1.82, 2.24) is 5.32 Å². The van der Waals surface area contributed by atoms with E-state index in [1.807, 2.05) is 48.5 Å². The molecule has 1 atom stereocenters. The highest BCUT2D eigenvalue weighted by atomic mass is 35.5. The van der Waals surface area contributed by atoms with E-state index in [4.69, 9.17) is 17.3 Å². The lowest BCUT2D eigenvalue weighted by Gasteiger charge is -2.13. The van der Waals surface area contributed by atoms with Crippen molar-refractivity contribution in [1.29, 1.82) is 0 Å². The van der Waals surface area contributed by atoms with Gasteiger partial charge >= 0.3 is 0 Å². The Labute approximate surface area is 225 Å². The molecule has 0 fully saturated rings. The third-order valence-corrected chi connectivity index (χ3v) is 6.96. The topological polar surface area (TPSA) is 55.1 Å². The largest absolute Gasteiger partial charge is 0.348 e. The lowest BCUT2D eigenvalue weighted by Crippen LogP contribution is -2.22. The third kappa shape index (κ3) is 7.79. The summed E-state index contributed by atoms with van der Waals surface area (Å²) < 4.78 is 0. The van der Waals surface area contributed by atoms with Gasteiger partial charge in [-0.25, -0.2) is 0 Å². The number of aryl methyl sites for hydroxylation is 1. The first-order chi connectivity index (χ1) is 18.0. The molecule has 190 valence electrons. The average molecular weight is 511 g/mol. The Kier molecular flexibility index (Phi) is 9.53. The molecular weight excluding hydrogens is 476 g/mol. The van der Waals surface area contributed by atoms with E-state index in [-0.39, 0.29) is 11.9 Å². The zero-order valence-electron chi connectivity index (χ0n) is 21.4. The molecule has 0 saturated carbocycles. The van der Waals surface area contributed by atoms with Crippen molar-refractivity contribution in [3.05, 3.63) is 130 Å². The Balaban J connectivity index is 1.34. The summed E-state index contributed by atoms with van der Waals surface area (Å²) in [6, 6.07) is 32.3. The minimum atomic E-state index is -0.0993. The van der Waals surface area contributed by atoms with Gasteiger partial charge in [0.15, 0.2) is 0 Å². The van der Waals surface area contributed by atoms with Gasteiger partial charge in [0.1, 0.15) is 0 Å². The molecule has 0 bridgehead atoms. The van der Waals surface area contributed by atoms with Crippen LogP contribution in [0.2, 0.25) is 5.02 Å². The number of unbranched alkanes of at least 4 members (excludes halogenated alkanes) is 2. The van der Waals surface area contributed by atoms with Crippen LogP contribution in [-0.4, -0.2) is 5.91 Å². The lowest BCUT2D eigenvalue weighted by atomic mass is 9.96. The molecular formula is C33H35ClN2O. The molecule has 3 nitrogen and oxygen atoms in total. The maximum atomic E-state index is 12.8. The molecule has 0 heterocycles. The molecule has 0 aliphatic heterocycles. The predicted molar refractivity (Wildman–Crippen MR) is 155 cm³/mol. The van der Waals surface area contributed by atoms with Crippen molar-refractivity contribution < 1.29 is 4.79 Å². The number of nitrogens with two attached hydrogens (primary N) is 1. The second-order valence-corrected chi connectivity index (χ2v) is 10.0. The van der Waals surface area contributed by atoms with Crippen LogP contribution in [0.4, 0.5) is 0 Å². The van der Waals surface area contributed by atoms with E-state index in [1.165, 1.54) is 24.8 Å². The number of benzene rings is 4. The number of halogens is 1. The van der Waals surface area contributed by atoms with Crippen LogP contribution < -0.4 is 11.1 Å². The minimum absolute atomic E-state index is 0.0736. The van der Waals surface area contributed by atoms with Gasteiger partial charge in [-0.05, 0) is 76.9 Å². The van der Waals surface area contributed by atoms with E-state index in [2.05, 4.69) is 60.8 Å². The Morgan fingerprint density at radius 3 is 2.19 bits per heavy atom. The van der Waals surface area contributed by atoms with Crippen molar-refractivity contribution in [2.45, 2.75) is 51.6 Å². The first-order valence-electron chi connectivity index (χ1n) is 13.1. The molecule has 0 spiro atoms. The molecule has 4 rings (SSSR count). The quantitative estimate of drug-likeness (QED) is 0.201. The van der Waals surface area contributed by atoms with Gasteiger partial charge in [0.2, 0.25) is 0 Å². The van der Waals surface area contributed by atoms with Gasteiger partial charge in [-0.2, -0.15) is 0 Å². The van der Waals surface area contributed by atoms with Gasteiger partial charge < -0.3 is 11.1 Å². The van der Waals surface area contributed by atoms with Crippen LogP contribution in [-0.2, 0) is 19.4 Å². The highest BCUT2D eigenvalue weighted by molar-refractivity contribution is 6.30. The summed E-state index contributed by atoms with van der Waals surface area (Å²) in [5.74, 6) is -0.0736. The minimum Gasteiger partial charge on any atom is -0.348 e. The van der Waals surface area contributed by atoms with E-state index < -0.39 is 0 Å². The zero-order chi connectivity index (χ0) is 26.0. The first kappa shape index (κ1) is 26.7. The monoisotopic (exact) mass is 510 g/mol. The number of hydrogen-bond donors (Lipinski definition) is 2. The Hall–Kier alpha value is -3.40. The smallest absolute Gasteiger partial charge is 0.251 e. The fraction of sp³-hybridized carbons (Fsp3) is 0.242. The standard InChI is InChI=1S/C33H35ClN2O/c1-2-3-4-6-24-9-11-26(12-10-24)23-36-33(37)30-8-5-7-29(22-30)27-15-17-28(18-16-27)32(35)21-25-13-19-31(34)20-14-25/h5,7-20,22,32H,2-4,6,21,23,35H2,1H3,(H,36,37). The van der Waals surface area contributed by atoms with Gasteiger partial charge in [0.25, 0.3) is 5.91 Å². The van der Waals surface area contributed by atoms with Gasteiger partial charge in [0.05, 0.1) is 0 Å². The molecule has 0 radical (unpaired) electrons. The van der Waals surface area contributed by atoms with Gasteiger partial charge in [0, 0.05) is 23.2 Å². The number of rotatable bonds is 11. The van der Waals surface area contributed by atoms with Crippen LogP contribution in [0.5, 0.6) is 0 Å². The van der Waals surface area contributed by atoms with E-state index >= 15 is 0 Å². The summed E-state index contributed by atoms with van der Waals surface area (Å²) in [5.41, 5.74) is 13.8. The number of hydrogen-bond acceptors (Lipinski definition) is 2. The maximum Gasteiger partial charge on any atom is 0.251 e. The lowest BCUT2D eigenvalue weighted by molar-refractivity contribution is 0.0951. The number of carbonyl (C=O) groups is 1. The highest BCUT2D eigenvalue weighted by Gasteiger charge is 2.10. The summed E-state index contributed by atoms with van der Waals surface area (Å²) >= 11 is 5.98. The van der Waals surface area contributed by atoms with Crippen molar-refractivity contribution in [3.63, 3.8) is 0 Å². The van der Waals surface area contributed by atoms with Crippen LogP contribution >= 0.6 is 11.6 Å². The molecule has 37 heavy (non-hydrogen) atoms. The summed E-state index contributed by atoms with van der Waals surface area (Å²) in [6.45, 7) is 2.73. The van der Waals surface area contributed by atoms with Crippen molar-refractivity contribution >= 4 is 17.5 Å². The molecule has 1 amide bonds. The van der Waals surface area contributed by atoms with Crippen LogP contribution in [0, 0.1) is 0 Å². The van der Waals surface area contributed by atoms with Gasteiger partial charge in [-0.3, -0.25) is 4.79 Å². The van der Waals surface area contributed by atoms with Crippen molar-refractivity contribution in [2.24, 2.45) is 5.73 Å². The summed E-state index contributed by atoms with van der Waals surface area (Å²) in [5, 5.41) is 3.78. The van der Waals surface area contributed by atoms with E-state index in [0.717, 1.165) is 45.7 Å². The fourth-order valence-electron chi connectivity index (χ4n) is 4.44. The normalized spacial score (nSPS) is 11.8. The van der Waals surface area contributed by atoms with E-state index in [9.17, 15) is 4.79 Å². The van der Waals surface area contributed by atoms with Crippen molar-refractivity contribution in [2.75, 3.05) is 0 Å². The molecule has 3 N–H and O–H groups in total. The van der Waals surface area contributed by atoms with E-state index in [1.54, 1.807) is 0 Å². The highest BCUT2D eigenvalue weighted by Crippen LogP contribution is 2.24. The van der Waals surface area contributed by atoms with Crippen LogP contribution in [0.15, 0.2) is 97.1 Å². The molecule has 0 aromatic heterocycles. The SMILES string of the molecule is CCCCCc1ccc(CNC(=O)c2cccc(-c3ccc(C(N)Cc4ccc(Cl)cc4)cc3)c2)cc1. The number of amides is 1. The Morgan fingerprint density at radius 1 is 0.811 bits per heavy atom.